The van der Waals surface area contributed by atoms with Crippen molar-refractivity contribution in [3.8, 4) is 0 Å². The number of unbranched alkanes of at least 4 members (excludes halogenated alkanes) is 1. The number of rotatable bonds is 8. The number of carbonyl (C=O) groups is 1. The number of ether oxygens (including phenoxy) is 2. The van der Waals surface area contributed by atoms with E-state index >= 15 is 0 Å². The summed E-state index contributed by atoms with van der Waals surface area (Å²) in [5.41, 5.74) is -1.16. The number of methoxy groups -OCH3 is 2. The Morgan fingerprint density at radius 2 is 1.94 bits per heavy atom. The lowest BCUT2D eigenvalue weighted by Crippen LogP contribution is -2.50. The maximum Gasteiger partial charge on any atom is 0.311 e. The molecule has 0 aliphatic rings. The predicted molar refractivity (Wildman–Crippen MR) is 66.7 cm³/mol. The first kappa shape index (κ1) is 16.4. The van der Waals surface area contributed by atoms with Gasteiger partial charge in [-0.05, 0) is 12.3 Å². The summed E-state index contributed by atoms with van der Waals surface area (Å²) in [6.07, 6.45) is 2.49. The smallest absolute Gasteiger partial charge is 0.311 e. The number of carbonyl (C=O) groups excluding carboxylic acids is 1. The maximum atomic E-state index is 11.8. The fourth-order valence-corrected chi connectivity index (χ4v) is 2.02. The molecule has 0 radical (unpaired) electrons. The molecule has 0 heterocycles. The summed E-state index contributed by atoms with van der Waals surface area (Å²) < 4.78 is 9.86. The van der Waals surface area contributed by atoms with Crippen LogP contribution in [0.2, 0.25) is 0 Å². The first-order valence-corrected chi connectivity index (χ1v) is 6.23. The van der Waals surface area contributed by atoms with Crippen LogP contribution in [0.1, 0.15) is 40.0 Å². The molecular formula is C13H26O4. The Balaban J connectivity index is 4.99. The molecule has 4 heteroatoms. The van der Waals surface area contributed by atoms with E-state index < -0.39 is 11.5 Å². The van der Waals surface area contributed by atoms with Crippen LogP contribution in [0.25, 0.3) is 0 Å². The van der Waals surface area contributed by atoms with Crippen molar-refractivity contribution in [2.45, 2.75) is 45.6 Å². The van der Waals surface area contributed by atoms with Gasteiger partial charge in [-0.15, -0.1) is 0 Å². The van der Waals surface area contributed by atoms with Crippen LogP contribution >= 0.6 is 0 Å². The van der Waals surface area contributed by atoms with Gasteiger partial charge in [-0.3, -0.25) is 4.79 Å². The summed E-state index contributed by atoms with van der Waals surface area (Å²) in [5, 5.41) is 10.7. The highest BCUT2D eigenvalue weighted by molar-refractivity contribution is 5.73. The van der Waals surface area contributed by atoms with E-state index in [4.69, 9.17) is 9.47 Å². The van der Waals surface area contributed by atoms with E-state index in [1.165, 1.54) is 14.2 Å². The van der Waals surface area contributed by atoms with Crippen molar-refractivity contribution in [2.24, 2.45) is 11.8 Å². The third-order valence-corrected chi connectivity index (χ3v) is 3.31. The SMILES string of the molecule is CCCCC(C(=O)OC)C(O)(COC)C(C)C. The van der Waals surface area contributed by atoms with Crippen LogP contribution in [-0.2, 0) is 14.3 Å². The van der Waals surface area contributed by atoms with E-state index in [0.29, 0.717) is 6.42 Å². The molecule has 0 saturated heterocycles. The molecule has 2 unspecified atom stereocenters. The van der Waals surface area contributed by atoms with E-state index in [2.05, 4.69) is 6.92 Å². The van der Waals surface area contributed by atoms with Crippen LogP contribution in [-0.4, -0.2) is 37.5 Å². The number of esters is 1. The van der Waals surface area contributed by atoms with E-state index in [9.17, 15) is 9.90 Å². The quantitative estimate of drug-likeness (QED) is 0.666. The molecule has 0 aromatic carbocycles. The van der Waals surface area contributed by atoms with Gasteiger partial charge in [-0.1, -0.05) is 33.6 Å². The largest absolute Gasteiger partial charge is 0.469 e. The summed E-state index contributed by atoms with van der Waals surface area (Å²) in [6.45, 7) is 5.98. The lowest BCUT2D eigenvalue weighted by Gasteiger charge is -2.37. The van der Waals surface area contributed by atoms with Crippen molar-refractivity contribution in [3.05, 3.63) is 0 Å². The normalized spacial score (nSPS) is 16.6. The van der Waals surface area contributed by atoms with Crippen LogP contribution in [0.3, 0.4) is 0 Å². The molecule has 0 spiro atoms. The van der Waals surface area contributed by atoms with Crippen molar-refractivity contribution < 1.29 is 19.4 Å². The Hall–Kier alpha value is -0.610. The van der Waals surface area contributed by atoms with Crippen LogP contribution in [0, 0.1) is 11.8 Å². The van der Waals surface area contributed by atoms with Gasteiger partial charge in [0.1, 0.15) is 5.60 Å². The number of aliphatic hydroxyl groups is 1. The zero-order valence-corrected chi connectivity index (χ0v) is 11.7. The van der Waals surface area contributed by atoms with Gasteiger partial charge in [-0.2, -0.15) is 0 Å². The summed E-state index contributed by atoms with van der Waals surface area (Å²) >= 11 is 0. The Kier molecular flexibility index (Phi) is 7.39. The summed E-state index contributed by atoms with van der Waals surface area (Å²) in [7, 11) is 2.89. The topological polar surface area (TPSA) is 55.8 Å². The first-order valence-electron chi connectivity index (χ1n) is 6.23. The third-order valence-electron chi connectivity index (χ3n) is 3.31. The highest BCUT2D eigenvalue weighted by Gasteiger charge is 2.44. The average molecular weight is 246 g/mol. The van der Waals surface area contributed by atoms with Gasteiger partial charge < -0.3 is 14.6 Å². The molecular weight excluding hydrogens is 220 g/mol. The molecule has 0 aromatic heterocycles. The van der Waals surface area contributed by atoms with Crippen LogP contribution in [0.15, 0.2) is 0 Å². The van der Waals surface area contributed by atoms with E-state index in [0.717, 1.165) is 12.8 Å². The van der Waals surface area contributed by atoms with Gasteiger partial charge in [0, 0.05) is 7.11 Å². The Morgan fingerprint density at radius 1 is 1.35 bits per heavy atom. The van der Waals surface area contributed by atoms with Gasteiger partial charge in [0.25, 0.3) is 0 Å². The predicted octanol–water partition coefficient (Wildman–Crippen LogP) is 2.00. The van der Waals surface area contributed by atoms with Gasteiger partial charge in [0.15, 0.2) is 0 Å². The lowest BCUT2D eigenvalue weighted by molar-refractivity contribution is -0.167. The van der Waals surface area contributed by atoms with Gasteiger partial charge in [-0.25, -0.2) is 0 Å². The molecule has 1 N–H and O–H groups in total. The Bertz CT molecular complexity index is 227. The van der Waals surface area contributed by atoms with E-state index in [-0.39, 0.29) is 18.5 Å². The summed E-state index contributed by atoms with van der Waals surface area (Å²) in [5.74, 6) is -0.942. The molecule has 0 aromatic rings. The van der Waals surface area contributed by atoms with Crippen LogP contribution < -0.4 is 0 Å². The molecule has 102 valence electrons. The molecule has 0 fully saturated rings. The molecule has 2 atom stereocenters. The van der Waals surface area contributed by atoms with Crippen LogP contribution in [0.5, 0.6) is 0 Å². The fourth-order valence-electron chi connectivity index (χ4n) is 2.02. The zero-order valence-electron chi connectivity index (χ0n) is 11.7. The second-order valence-corrected chi connectivity index (χ2v) is 4.80. The van der Waals surface area contributed by atoms with Crippen molar-refractivity contribution >= 4 is 5.97 Å². The average Bonchev–Trinajstić information content (AvgIpc) is 2.29. The maximum absolute atomic E-state index is 11.8. The van der Waals surface area contributed by atoms with E-state index in [1.54, 1.807) is 0 Å². The highest BCUT2D eigenvalue weighted by atomic mass is 16.5. The van der Waals surface area contributed by atoms with Crippen molar-refractivity contribution in [1.82, 2.24) is 0 Å². The highest BCUT2D eigenvalue weighted by Crippen LogP contribution is 2.31. The fraction of sp³-hybridized carbons (Fsp3) is 0.923. The van der Waals surface area contributed by atoms with Crippen molar-refractivity contribution in [1.29, 1.82) is 0 Å². The number of hydrogen-bond acceptors (Lipinski definition) is 4. The summed E-state index contributed by atoms with van der Waals surface area (Å²) in [4.78, 5) is 11.8. The second kappa shape index (κ2) is 7.67. The van der Waals surface area contributed by atoms with Crippen molar-refractivity contribution in [2.75, 3.05) is 20.8 Å². The number of hydrogen-bond donors (Lipinski definition) is 1. The minimum atomic E-state index is -1.16. The minimum Gasteiger partial charge on any atom is -0.469 e. The van der Waals surface area contributed by atoms with Gasteiger partial charge in [0.05, 0.1) is 19.6 Å². The van der Waals surface area contributed by atoms with Gasteiger partial charge in [0.2, 0.25) is 0 Å². The minimum absolute atomic E-state index is 0.0663. The van der Waals surface area contributed by atoms with E-state index in [1.807, 2.05) is 13.8 Å². The Morgan fingerprint density at radius 3 is 2.29 bits per heavy atom. The standard InChI is InChI=1S/C13H26O4/c1-6-7-8-11(12(14)17-5)13(15,9-16-4)10(2)3/h10-11,15H,6-9H2,1-5H3. The molecule has 0 bridgehead atoms. The molecule has 0 rings (SSSR count). The monoisotopic (exact) mass is 246 g/mol. The first-order chi connectivity index (χ1) is 7.93. The molecule has 0 amide bonds. The van der Waals surface area contributed by atoms with Gasteiger partial charge >= 0.3 is 5.97 Å². The molecule has 4 nitrogen and oxygen atoms in total. The van der Waals surface area contributed by atoms with Crippen LogP contribution in [0.4, 0.5) is 0 Å². The molecule has 17 heavy (non-hydrogen) atoms. The molecule has 0 aliphatic carbocycles. The zero-order chi connectivity index (χ0) is 13.5. The lowest BCUT2D eigenvalue weighted by atomic mass is 9.76. The Labute approximate surface area is 104 Å². The summed E-state index contributed by atoms with van der Waals surface area (Å²) in [6, 6.07) is 0. The van der Waals surface area contributed by atoms with Crippen molar-refractivity contribution in [3.63, 3.8) is 0 Å². The molecule has 0 saturated carbocycles. The second-order valence-electron chi connectivity index (χ2n) is 4.80. The molecule has 0 aliphatic heterocycles. The third kappa shape index (κ3) is 4.28.